The fourth-order valence-corrected chi connectivity index (χ4v) is 2.49. The average Bonchev–Trinajstić information content (AvgIpc) is 2.79. The molecule has 2 atom stereocenters. The highest BCUT2D eigenvalue weighted by Gasteiger charge is 2.38. The van der Waals surface area contributed by atoms with Crippen molar-refractivity contribution in [1.82, 2.24) is 0 Å². The molecule has 106 valence electrons. The molecule has 0 aromatic heterocycles. The fraction of sp³-hybridized carbons (Fsp3) is 0.308. The quantitative estimate of drug-likeness (QED) is 0.289. The maximum atomic E-state index is 13.4. The topological polar surface area (TPSA) is 24.4 Å². The first-order chi connectivity index (χ1) is 9.50. The van der Waals surface area contributed by atoms with Crippen molar-refractivity contribution in [2.75, 3.05) is 5.43 Å². The molecule has 0 amide bonds. The van der Waals surface area contributed by atoms with Crippen molar-refractivity contribution >= 4 is 11.4 Å². The van der Waals surface area contributed by atoms with Gasteiger partial charge in [-0.3, -0.25) is 5.43 Å². The van der Waals surface area contributed by atoms with E-state index in [1.54, 1.807) is 0 Å². The molecule has 1 aromatic rings. The maximum Gasteiger partial charge on any atom is 0.200 e. The summed E-state index contributed by atoms with van der Waals surface area (Å²) in [5.74, 6) is -9.43. The predicted molar refractivity (Wildman–Crippen MR) is 62.6 cm³/mol. The van der Waals surface area contributed by atoms with Crippen LogP contribution in [0.15, 0.2) is 17.3 Å². The number of hydrazone groups is 1. The molecule has 0 bridgehead atoms. The van der Waals surface area contributed by atoms with Gasteiger partial charge in [-0.1, -0.05) is 12.2 Å². The van der Waals surface area contributed by atoms with Gasteiger partial charge in [-0.25, -0.2) is 22.0 Å². The van der Waals surface area contributed by atoms with Gasteiger partial charge >= 0.3 is 0 Å². The first-order valence-corrected chi connectivity index (χ1v) is 6.01. The number of fused-ring (bicyclic) bond motifs is 1. The third-order valence-corrected chi connectivity index (χ3v) is 3.68. The van der Waals surface area contributed by atoms with Crippen LogP contribution in [-0.4, -0.2) is 5.71 Å². The lowest BCUT2D eigenvalue weighted by Crippen LogP contribution is -2.33. The molecule has 20 heavy (non-hydrogen) atoms. The molecule has 2 aliphatic carbocycles. The van der Waals surface area contributed by atoms with Crippen LogP contribution >= 0.6 is 0 Å². The van der Waals surface area contributed by atoms with Gasteiger partial charge in [-0.05, 0) is 18.8 Å². The molecule has 1 N–H and O–H groups in total. The Kier molecular flexibility index (Phi) is 2.99. The Morgan fingerprint density at radius 1 is 0.950 bits per heavy atom. The van der Waals surface area contributed by atoms with Gasteiger partial charge in [0.1, 0.15) is 5.69 Å². The van der Waals surface area contributed by atoms with Gasteiger partial charge in [0.25, 0.3) is 0 Å². The first-order valence-electron chi connectivity index (χ1n) is 6.01. The highest BCUT2D eigenvalue weighted by molar-refractivity contribution is 5.94. The number of nitrogens with zero attached hydrogens (tertiary/aromatic N) is 1. The van der Waals surface area contributed by atoms with E-state index in [4.69, 9.17) is 0 Å². The maximum absolute atomic E-state index is 13.4. The number of benzene rings is 1. The highest BCUT2D eigenvalue weighted by Crippen LogP contribution is 2.40. The number of hydrogen-bond donors (Lipinski definition) is 1. The summed E-state index contributed by atoms with van der Waals surface area (Å²) in [6, 6.07) is 0. The summed E-state index contributed by atoms with van der Waals surface area (Å²) >= 11 is 0. The Morgan fingerprint density at radius 2 is 1.55 bits per heavy atom. The van der Waals surface area contributed by atoms with Crippen molar-refractivity contribution in [3.05, 3.63) is 41.2 Å². The van der Waals surface area contributed by atoms with Gasteiger partial charge in [0.2, 0.25) is 5.82 Å². The van der Waals surface area contributed by atoms with E-state index in [2.05, 4.69) is 5.10 Å². The second kappa shape index (κ2) is 4.57. The van der Waals surface area contributed by atoms with Crippen LogP contribution in [0.2, 0.25) is 0 Å². The molecule has 0 radical (unpaired) electrons. The van der Waals surface area contributed by atoms with E-state index >= 15 is 0 Å². The van der Waals surface area contributed by atoms with Crippen LogP contribution < -0.4 is 5.43 Å². The average molecular weight is 288 g/mol. The first kappa shape index (κ1) is 13.1. The molecule has 1 saturated carbocycles. The number of rotatable bonds is 2. The summed E-state index contributed by atoms with van der Waals surface area (Å²) in [7, 11) is 0. The van der Waals surface area contributed by atoms with Gasteiger partial charge in [-0.15, -0.1) is 0 Å². The SMILES string of the molecule is Fc1c(F)c(F)c(N/N=C2/C[C@@H]3C=CC[C@@H]23)c(F)c1F. The zero-order valence-corrected chi connectivity index (χ0v) is 10.1. The van der Waals surface area contributed by atoms with E-state index in [0.717, 1.165) is 6.42 Å². The van der Waals surface area contributed by atoms with Crippen molar-refractivity contribution in [3.63, 3.8) is 0 Å². The van der Waals surface area contributed by atoms with E-state index < -0.39 is 34.8 Å². The van der Waals surface area contributed by atoms with E-state index in [0.29, 0.717) is 18.1 Å². The Bertz CT molecular complexity index is 609. The minimum absolute atomic E-state index is 0.170. The molecule has 0 saturated heterocycles. The smallest absolute Gasteiger partial charge is 0.200 e. The third kappa shape index (κ3) is 1.80. The lowest BCUT2D eigenvalue weighted by molar-refractivity contribution is 0.381. The van der Waals surface area contributed by atoms with Crippen molar-refractivity contribution < 1.29 is 22.0 Å². The number of allylic oxidation sites excluding steroid dienone is 2. The van der Waals surface area contributed by atoms with Gasteiger partial charge in [0, 0.05) is 11.6 Å². The van der Waals surface area contributed by atoms with E-state index in [-0.39, 0.29) is 5.92 Å². The highest BCUT2D eigenvalue weighted by atomic mass is 19.2. The molecule has 7 heteroatoms. The summed E-state index contributed by atoms with van der Waals surface area (Å²) < 4.78 is 65.6. The van der Waals surface area contributed by atoms with Gasteiger partial charge in [0.15, 0.2) is 23.3 Å². The minimum Gasteiger partial charge on any atom is -0.272 e. The Labute approximate surface area is 111 Å². The van der Waals surface area contributed by atoms with E-state index in [9.17, 15) is 22.0 Å². The Balaban J connectivity index is 1.87. The Morgan fingerprint density at radius 3 is 2.15 bits per heavy atom. The monoisotopic (exact) mass is 288 g/mol. The molecule has 0 heterocycles. The van der Waals surface area contributed by atoms with Crippen LogP contribution in [0.5, 0.6) is 0 Å². The second-order valence-electron chi connectivity index (χ2n) is 4.80. The molecule has 2 nitrogen and oxygen atoms in total. The van der Waals surface area contributed by atoms with Crippen molar-refractivity contribution in [3.8, 4) is 0 Å². The predicted octanol–water partition coefficient (Wildman–Crippen LogP) is 3.75. The van der Waals surface area contributed by atoms with Crippen LogP contribution in [0.3, 0.4) is 0 Å². The Hall–Kier alpha value is -1.92. The lowest BCUT2D eigenvalue weighted by atomic mass is 9.74. The zero-order chi connectivity index (χ0) is 14.4. The van der Waals surface area contributed by atoms with Crippen LogP contribution in [0.1, 0.15) is 12.8 Å². The number of anilines is 1. The molecular weight excluding hydrogens is 279 g/mol. The number of halogens is 5. The molecule has 2 aliphatic rings. The summed E-state index contributed by atoms with van der Waals surface area (Å²) in [5.41, 5.74) is 1.52. The van der Waals surface area contributed by atoms with Crippen LogP contribution in [0.25, 0.3) is 0 Å². The molecule has 0 unspecified atom stereocenters. The second-order valence-corrected chi connectivity index (χ2v) is 4.80. The number of hydrogen-bond acceptors (Lipinski definition) is 2. The minimum atomic E-state index is -2.18. The van der Waals surface area contributed by atoms with E-state index in [1.807, 2.05) is 17.6 Å². The van der Waals surface area contributed by atoms with Crippen LogP contribution in [0.4, 0.5) is 27.6 Å². The summed E-state index contributed by atoms with van der Waals surface area (Å²) in [5, 5.41) is 3.77. The van der Waals surface area contributed by atoms with Crippen LogP contribution in [-0.2, 0) is 0 Å². The third-order valence-electron chi connectivity index (χ3n) is 3.68. The fourth-order valence-electron chi connectivity index (χ4n) is 2.49. The van der Waals surface area contributed by atoms with E-state index in [1.165, 1.54) is 0 Å². The molecule has 3 rings (SSSR count). The molecular formula is C13H9F5N2. The summed E-state index contributed by atoms with van der Waals surface area (Å²) in [6.45, 7) is 0. The van der Waals surface area contributed by atoms with Crippen LogP contribution in [0, 0.1) is 40.9 Å². The largest absolute Gasteiger partial charge is 0.272 e. The van der Waals surface area contributed by atoms with Gasteiger partial charge < -0.3 is 0 Å². The molecule has 1 aromatic carbocycles. The summed E-state index contributed by atoms with van der Waals surface area (Å²) in [6.07, 6.45) is 5.42. The van der Waals surface area contributed by atoms with Crippen molar-refractivity contribution in [2.24, 2.45) is 16.9 Å². The van der Waals surface area contributed by atoms with Gasteiger partial charge in [0.05, 0.1) is 0 Å². The molecule has 0 aliphatic heterocycles. The van der Waals surface area contributed by atoms with Crippen molar-refractivity contribution in [2.45, 2.75) is 12.8 Å². The molecule has 0 spiro atoms. The van der Waals surface area contributed by atoms with Gasteiger partial charge in [-0.2, -0.15) is 5.10 Å². The standard InChI is InChI=1S/C13H9F5N2/c14-8-9(15)11(17)13(12(18)10(8)16)20-19-7-4-5-2-1-3-6(5)7/h1-2,5-6,20H,3-4H2/b19-7-/t5-,6+/m0/s1. The summed E-state index contributed by atoms with van der Waals surface area (Å²) in [4.78, 5) is 0. The zero-order valence-electron chi connectivity index (χ0n) is 10.1. The lowest BCUT2D eigenvalue weighted by Gasteiger charge is -2.31. The normalized spacial score (nSPS) is 25.8. The number of nitrogens with one attached hydrogen (secondary N) is 1. The molecule has 1 fully saturated rings. The van der Waals surface area contributed by atoms with Crippen molar-refractivity contribution in [1.29, 1.82) is 0 Å².